The van der Waals surface area contributed by atoms with Gasteiger partial charge in [-0.25, -0.2) is 0 Å². The minimum Gasteiger partial charge on any atom is -0.492 e. The van der Waals surface area contributed by atoms with E-state index in [1.807, 2.05) is 0 Å². The van der Waals surface area contributed by atoms with E-state index in [4.69, 9.17) is 4.74 Å². The highest BCUT2D eigenvalue weighted by Gasteiger charge is 2.36. The maximum atomic E-state index is 12.5. The van der Waals surface area contributed by atoms with Gasteiger partial charge in [-0.2, -0.15) is 13.2 Å². The molecule has 0 aliphatic heterocycles. The van der Waals surface area contributed by atoms with Gasteiger partial charge in [-0.1, -0.05) is 0 Å². The monoisotopic (exact) mass is 317 g/mol. The van der Waals surface area contributed by atoms with E-state index < -0.39 is 11.7 Å². The topological polar surface area (TPSA) is 22.1 Å². The van der Waals surface area contributed by atoms with Crippen LogP contribution >= 0.6 is 22.6 Å². The zero-order valence-electron chi connectivity index (χ0n) is 7.23. The molecule has 0 saturated heterocycles. The van der Waals surface area contributed by atoms with Crippen LogP contribution in [-0.4, -0.2) is 11.6 Å². The van der Waals surface area contributed by atoms with Crippen molar-refractivity contribution < 1.29 is 17.9 Å². The molecule has 78 valence electrons. The van der Waals surface area contributed by atoms with Gasteiger partial charge < -0.3 is 4.74 Å². The van der Waals surface area contributed by atoms with E-state index in [9.17, 15) is 13.2 Å². The zero-order chi connectivity index (χ0) is 10.8. The van der Waals surface area contributed by atoms with Crippen molar-refractivity contribution >= 4 is 22.6 Å². The molecule has 1 aromatic rings. The predicted octanol–water partition coefficient (Wildman–Crippen LogP) is 3.10. The average molecular weight is 317 g/mol. The van der Waals surface area contributed by atoms with Crippen molar-refractivity contribution in [3.8, 4) is 5.75 Å². The Morgan fingerprint density at radius 2 is 2.07 bits per heavy atom. The molecule has 0 fully saturated rings. The summed E-state index contributed by atoms with van der Waals surface area (Å²) in [5.74, 6) is -0.216. The van der Waals surface area contributed by atoms with Crippen LogP contribution in [0, 0.1) is 3.57 Å². The Morgan fingerprint density at radius 3 is 2.57 bits per heavy atom. The zero-order valence-corrected chi connectivity index (χ0v) is 9.39. The summed E-state index contributed by atoms with van der Waals surface area (Å²) in [7, 11) is 0. The maximum Gasteiger partial charge on any atom is 0.421 e. The fourth-order valence-electron chi connectivity index (χ4n) is 0.957. The van der Waals surface area contributed by atoms with Gasteiger partial charge in [0.2, 0.25) is 0 Å². The number of hydrogen-bond acceptors (Lipinski definition) is 2. The smallest absolute Gasteiger partial charge is 0.421 e. The fourth-order valence-corrected chi connectivity index (χ4v) is 1.69. The van der Waals surface area contributed by atoms with E-state index in [1.165, 1.54) is 0 Å². The van der Waals surface area contributed by atoms with Gasteiger partial charge in [-0.05, 0) is 29.5 Å². The second-order valence-corrected chi connectivity index (χ2v) is 3.59. The molecule has 14 heavy (non-hydrogen) atoms. The van der Waals surface area contributed by atoms with Crippen molar-refractivity contribution in [2.75, 3.05) is 6.61 Å². The van der Waals surface area contributed by atoms with Crippen LogP contribution in [0.4, 0.5) is 13.2 Å². The molecule has 1 rings (SSSR count). The highest BCUT2D eigenvalue weighted by Crippen LogP contribution is 2.38. The normalized spacial score (nSPS) is 11.5. The Bertz CT molecular complexity index is 327. The van der Waals surface area contributed by atoms with Gasteiger partial charge in [0, 0.05) is 9.77 Å². The molecular formula is C8H7F3INO. The van der Waals surface area contributed by atoms with Gasteiger partial charge in [0.25, 0.3) is 0 Å². The molecule has 0 radical (unpaired) electrons. The third-order valence-corrected chi connectivity index (χ3v) is 2.27. The summed E-state index contributed by atoms with van der Waals surface area (Å²) < 4.78 is 42.5. The molecule has 0 N–H and O–H groups in total. The molecular weight excluding hydrogens is 310 g/mol. The minimum absolute atomic E-state index is 0.0426. The number of rotatable bonds is 2. The standard InChI is InChI=1S/C8H7F3INO/c1-2-14-6-4-13-3-5(12)7(6)8(9,10)11/h3-4H,2H2,1H3. The summed E-state index contributed by atoms with van der Waals surface area (Å²) in [6.45, 7) is 1.81. The lowest BCUT2D eigenvalue weighted by molar-refractivity contribution is -0.139. The summed E-state index contributed by atoms with van der Waals surface area (Å²) in [5, 5.41) is 0. The lowest BCUT2D eigenvalue weighted by atomic mass is 10.2. The first kappa shape index (κ1) is 11.5. The molecule has 0 amide bonds. The number of halogens is 4. The molecule has 0 bridgehead atoms. The SMILES string of the molecule is CCOc1cncc(I)c1C(F)(F)F. The van der Waals surface area contributed by atoms with E-state index in [1.54, 1.807) is 29.5 Å². The molecule has 1 aromatic heterocycles. The van der Waals surface area contributed by atoms with Crippen LogP contribution in [0.3, 0.4) is 0 Å². The van der Waals surface area contributed by atoms with Crippen molar-refractivity contribution in [2.45, 2.75) is 13.1 Å². The van der Waals surface area contributed by atoms with Crippen molar-refractivity contribution in [1.82, 2.24) is 4.98 Å². The molecule has 0 aliphatic carbocycles. The lowest BCUT2D eigenvalue weighted by Gasteiger charge is -2.13. The Labute approximate surface area is 92.6 Å². The van der Waals surface area contributed by atoms with Crippen molar-refractivity contribution in [3.63, 3.8) is 0 Å². The number of alkyl halides is 3. The number of ether oxygens (including phenoxy) is 1. The highest BCUT2D eigenvalue weighted by atomic mass is 127. The summed E-state index contributed by atoms with van der Waals surface area (Å²) >= 11 is 1.59. The Balaban J connectivity index is 3.22. The first-order valence-electron chi connectivity index (χ1n) is 3.80. The van der Waals surface area contributed by atoms with E-state index >= 15 is 0 Å². The molecule has 2 nitrogen and oxygen atoms in total. The molecule has 0 atom stereocenters. The van der Waals surface area contributed by atoms with E-state index in [0.717, 1.165) is 12.4 Å². The van der Waals surface area contributed by atoms with Crippen molar-refractivity contribution in [2.24, 2.45) is 0 Å². The number of pyridine rings is 1. The third kappa shape index (κ3) is 2.49. The van der Waals surface area contributed by atoms with Crippen LogP contribution in [0.25, 0.3) is 0 Å². The second kappa shape index (κ2) is 4.33. The Morgan fingerprint density at radius 1 is 1.43 bits per heavy atom. The van der Waals surface area contributed by atoms with Gasteiger partial charge in [-0.15, -0.1) is 0 Å². The molecule has 0 unspecified atom stereocenters. The fraction of sp³-hybridized carbons (Fsp3) is 0.375. The summed E-state index contributed by atoms with van der Waals surface area (Å²) in [6, 6.07) is 0. The number of nitrogens with zero attached hydrogens (tertiary/aromatic N) is 1. The Hall–Kier alpha value is -0.530. The second-order valence-electron chi connectivity index (χ2n) is 2.43. The molecule has 0 aromatic carbocycles. The highest BCUT2D eigenvalue weighted by molar-refractivity contribution is 14.1. The Kier molecular flexibility index (Phi) is 3.57. The van der Waals surface area contributed by atoms with Crippen LogP contribution in [-0.2, 0) is 6.18 Å². The summed E-state index contributed by atoms with van der Waals surface area (Å²) in [5.41, 5.74) is -0.755. The van der Waals surface area contributed by atoms with Crippen LogP contribution in [0.5, 0.6) is 5.75 Å². The average Bonchev–Trinajstić information content (AvgIpc) is 2.02. The largest absolute Gasteiger partial charge is 0.492 e. The van der Waals surface area contributed by atoms with E-state index in [2.05, 4.69) is 4.98 Å². The van der Waals surface area contributed by atoms with Crippen LogP contribution in [0.2, 0.25) is 0 Å². The molecule has 1 heterocycles. The summed E-state index contributed by atoms with van der Waals surface area (Å²) in [4.78, 5) is 3.64. The van der Waals surface area contributed by atoms with Crippen molar-refractivity contribution in [3.05, 3.63) is 21.5 Å². The lowest BCUT2D eigenvalue weighted by Crippen LogP contribution is -2.11. The molecule has 6 heteroatoms. The van der Waals surface area contributed by atoms with E-state index in [0.29, 0.717) is 0 Å². The van der Waals surface area contributed by atoms with Crippen LogP contribution < -0.4 is 4.74 Å². The number of hydrogen-bond donors (Lipinski definition) is 0. The number of aromatic nitrogens is 1. The predicted molar refractivity (Wildman–Crippen MR) is 53.1 cm³/mol. The van der Waals surface area contributed by atoms with E-state index in [-0.39, 0.29) is 15.9 Å². The van der Waals surface area contributed by atoms with Gasteiger partial charge >= 0.3 is 6.18 Å². The quantitative estimate of drug-likeness (QED) is 0.782. The minimum atomic E-state index is -4.40. The maximum absolute atomic E-state index is 12.5. The van der Waals surface area contributed by atoms with Crippen LogP contribution in [0.15, 0.2) is 12.4 Å². The van der Waals surface area contributed by atoms with Gasteiger partial charge in [0.05, 0.1) is 12.8 Å². The first-order valence-corrected chi connectivity index (χ1v) is 4.88. The molecule has 0 aliphatic rings. The molecule has 0 spiro atoms. The van der Waals surface area contributed by atoms with Gasteiger partial charge in [0.1, 0.15) is 5.56 Å². The first-order chi connectivity index (χ1) is 6.46. The molecule has 0 saturated carbocycles. The van der Waals surface area contributed by atoms with Crippen LogP contribution in [0.1, 0.15) is 12.5 Å². The van der Waals surface area contributed by atoms with Gasteiger partial charge in [0.15, 0.2) is 5.75 Å². The summed E-state index contributed by atoms with van der Waals surface area (Å²) in [6.07, 6.45) is -2.16. The van der Waals surface area contributed by atoms with Gasteiger partial charge in [-0.3, -0.25) is 4.98 Å². The van der Waals surface area contributed by atoms with Crippen molar-refractivity contribution in [1.29, 1.82) is 0 Å². The third-order valence-electron chi connectivity index (χ3n) is 1.45.